The molecule has 2 aromatic carbocycles. The summed E-state index contributed by atoms with van der Waals surface area (Å²) in [6, 6.07) is 13.5. The summed E-state index contributed by atoms with van der Waals surface area (Å²) in [5.41, 5.74) is 2.26. The smallest absolute Gasteiger partial charge is 0.0508 e. The standard InChI is InChI=1S/C18H22N2S/c1-14-7-8-17(15(2)13-14)21-18-6-4-3-5-16(18)20-11-9-19-10-12-20/h3-8,13,19H,9-12H2,1-2H3/i1D2,2D2. The molecule has 0 aliphatic carbocycles. The van der Waals surface area contributed by atoms with E-state index in [2.05, 4.69) is 22.3 Å². The van der Waals surface area contributed by atoms with E-state index >= 15 is 0 Å². The third-order valence-corrected chi connectivity index (χ3v) is 4.73. The summed E-state index contributed by atoms with van der Waals surface area (Å²) in [6.07, 6.45) is 0. The van der Waals surface area contributed by atoms with Gasteiger partial charge in [-0.1, -0.05) is 41.6 Å². The number of hydrogen-bond donors (Lipinski definition) is 1. The molecule has 1 N–H and O–H groups in total. The first-order chi connectivity index (χ1) is 12.1. The molecule has 2 aromatic rings. The van der Waals surface area contributed by atoms with Crippen LogP contribution in [0.4, 0.5) is 5.69 Å². The van der Waals surface area contributed by atoms with Crippen LogP contribution in [0.2, 0.25) is 0 Å². The summed E-state index contributed by atoms with van der Waals surface area (Å²) in [5.74, 6) is 0. The zero-order valence-corrected chi connectivity index (χ0v) is 12.7. The van der Waals surface area contributed by atoms with Gasteiger partial charge in [-0.2, -0.15) is 0 Å². The number of piperazine rings is 1. The Hall–Kier alpha value is -1.45. The molecule has 1 fully saturated rings. The number of nitrogens with zero attached hydrogens (tertiary/aromatic N) is 1. The van der Waals surface area contributed by atoms with E-state index < -0.39 is 13.8 Å². The maximum absolute atomic E-state index is 7.82. The van der Waals surface area contributed by atoms with E-state index in [0.717, 1.165) is 36.0 Å². The first kappa shape index (κ1) is 10.3. The Labute approximate surface area is 137 Å². The van der Waals surface area contributed by atoms with Crippen molar-refractivity contribution in [2.75, 3.05) is 31.1 Å². The summed E-state index contributed by atoms with van der Waals surface area (Å²) in [5, 5.41) is 3.36. The molecule has 0 unspecified atom stereocenters. The Kier molecular flexibility index (Phi) is 3.21. The monoisotopic (exact) mass is 302 g/mol. The van der Waals surface area contributed by atoms with Crippen LogP contribution in [0.15, 0.2) is 52.3 Å². The van der Waals surface area contributed by atoms with Gasteiger partial charge in [-0.3, -0.25) is 0 Å². The summed E-state index contributed by atoms with van der Waals surface area (Å²) in [6.45, 7) is 1.63. The molecule has 1 saturated heterocycles. The van der Waals surface area contributed by atoms with Crippen molar-refractivity contribution in [3.63, 3.8) is 0 Å². The van der Waals surface area contributed by atoms with Crippen LogP contribution in [-0.4, -0.2) is 26.2 Å². The van der Waals surface area contributed by atoms with Crippen LogP contribution < -0.4 is 10.2 Å². The number of aryl methyl sites for hydroxylation is 2. The van der Waals surface area contributed by atoms with Gasteiger partial charge in [0.25, 0.3) is 0 Å². The first-order valence-electron chi connectivity index (χ1n) is 9.42. The van der Waals surface area contributed by atoms with E-state index in [0.29, 0.717) is 11.1 Å². The van der Waals surface area contributed by atoms with Gasteiger partial charge in [0.15, 0.2) is 0 Å². The molecular formula is C18H22N2S. The minimum atomic E-state index is -1.13. The normalized spacial score (nSPS) is 18.3. The van der Waals surface area contributed by atoms with Crippen molar-refractivity contribution in [1.82, 2.24) is 5.32 Å². The number of benzene rings is 2. The number of nitrogens with one attached hydrogen (secondary N) is 1. The van der Waals surface area contributed by atoms with E-state index in [4.69, 9.17) is 5.48 Å². The molecular weight excluding hydrogens is 276 g/mol. The molecule has 0 saturated carbocycles. The molecule has 21 heavy (non-hydrogen) atoms. The second-order valence-electron chi connectivity index (χ2n) is 5.10. The van der Waals surface area contributed by atoms with Gasteiger partial charge in [0.05, 0.1) is 5.69 Å². The van der Waals surface area contributed by atoms with E-state index in [1.54, 1.807) is 23.9 Å². The highest BCUT2D eigenvalue weighted by Gasteiger charge is 2.14. The van der Waals surface area contributed by atoms with Crippen LogP contribution in [0.3, 0.4) is 0 Å². The van der Waals surface area contributed by atoms with Gasteiger partial charge in [0.1, 0.15) is 0 Å². The number of anilines is 1. The molecule has 1 aliphatic rings. The highest BCUT2D eigenvalue weighted by atomic mass is 32.2. The Morgan fingerprint density at radius 2 is 1.90 bits per heavy atom. The fourth-order valence-electron chi connectivity index (χ4n) is 2.49. The third kappa shape index (κ3) is 3.42. The molecule has 1 aliphatic heterocycles. The zero-order valence-electron chi connectivity index (χ0n) is 15.9. The summed E-state index contributed by atoms with van der Waals surface area (Å²) < 4.78 is 30.7. The second-order valence-corrected chi connectivity index (χ2v) is 6.19. The van der Waals surface area contributed by atoms with E-state index in [1.165, 1.54) is 5.69 Å². The van der Waals surface area contributed by atoms with E-state index in [-0.39, 0.29) is 0 Å². The van der Waals surface area contributed by atoms with Crippen molar-refractivity contribution in [1.29, 1.82) is 0 Å². The average Bonchev–Trinajstić information content (AvgIpc) is 2.63. The Morgan fingerprint density at radius 1 is 1.05 bits per heavy atom. The largest absolute Gasteiger partial charge is 0.368 e. The van der Waals surface area contributed by atoms with Crippen molar-refractivity contribution in [2.45, 2.75) is 23.5 Å². The second kappa shape index (κ2) is 6.54. The molecule has 3 rings (SSSR count). The quantitative estimate of drug-likeness (QED) is 0.927. The molecule has 0 atom stereocenters. The van der Waals surface area contributed by atoms with Crippen LogP contribution in [0.5, 0.6) is 0 Å². The molecule has 0 amide bonds. The lowest BCUT2D eigenvalue weighted by Gasteiger charge is -2.31. The fourth-order valence-corrected chi connectivity index (χ4v) is 3.49. The SMILES string of the molecule is [2H]C([2H])c1ccc(Sc2ccccc2N2CCNCC2)c(C([2H])[2H])c1. The minimum absolute atomic E-state index is 0.527. The lowest BCUT2D eigenvalue weighted by atomic mass is 10.2. The molecule has 0 aromatic heterocycles. The van der Waals surface area contributed by atoms with Crippen molar-refractivity contribution < 1.29 is 5.48 Å². The van der Waals surface area contributed by atoms with Crippen LogP contribution in [0, 0.1) is 13.8 Å². The molecule has 3 heteroatoms. The van der Waals surface area contributed by atoms with Gasteiger partial charge in [-0.05, 0) is 37.5 Å². The average molecular weight is 302 g/mol. The highest BCUT2D eigenvalue weighted by molar-refractivity contribution is 7.99. The maximum Gasteiger partial charge on any atom is 0.0508 e. The molecule has 0 spiro atoms. The number of para-hydroxylation sites is 1. The topological polar surface area (TPSA) is 15.3 Å². The third-order valence-electron chi connectivity index (χ3n) is 3.58. The maximum atomic E-state index is 7.82. The Balaban J connectivity index is 1.92. The van der Waals surface area contributed by atoms with Gasteiger partial charge in [-0.15, -0.1) is 0 Å². The van der Waals surface area contributed by atoms with Crippen molar-refractivity contribution in [3.05, 3.63) is 53.6 Å². The molecule has 2 nitrogen and oxygen atoms in total. The zero-order chi connectivity index (χ0) is 17.8. The Morgan fingerprint density at radius 3 is 2.71 bits per heavy atom. The lowest BCUT2D eigenvalue weighted by molar-refractivity contribution is 0.587. The van der Waals surface area contributed by atoms with Gasteiger partial charge >= 0.3 is 0 Å². The number of hydrogen-bond acceptors (Lipinski definition) is 3. The molecule has 110 valence electrons. The summed E-state index contributed by atoms with van der Waals surface area (Å²) >= 11 is 1.56. The predicted octanol–water partition coefficient (Wildman–Crippen LogP) is 3.86. The van der Waals surface area contributed by atoms with Gasteiger partial charge < -0.3 is 10.2 Å². The van der Waals surface area contributed by atoms with Gasteiger partial charge in [-0.25, -0.2) is 0 Å². The Bertz CT molecular complexity index is 718. The van der Waals surface area contributed by atoms with Crippen LogP contribution >= 0.6 is 11.8 Å². The lowest BCUT2D eigenvalue weighted by Crippen LogP contribution is -2.43. The van der Waals surface area contributed by atoms with Gasteiger partial charge in [0.2, 0.25) is 0 Å². The van der Waals surface area contributed by atoms with Crippen molar-refractivity contribution in [3.8, 4) is 0 Å². The number of rotatable bonds is 3. The molecule has 1 heterocycles. The molecule has 0 bridgehead atoms. The summed E-state index contributed by atoms with van der Waals surface area (Å²) in [4.78, 5) is 4.31. The van der Waals surface area contributed by atoms with Crippen molar-refractivity contribution >= 4 is 17.4 Å². The summed E-state index contributed by atoms with van der Waals surface area (Å²) in [7, 11) is 0. The van der Waals surface area contributed by atoms with E-state index in [1.807, 2.05) is 18.2 Å². The van der Waals surface area contributed by atoms with Crippen molar-refractivity contribution in [2.24, 2.45) is 0 Å². The van der Waals surface area contributed by atoms with Crippen LogP contribution in [0.1, 0.15) is 16.6 Å². The van der Waals surface area contributed by atoms with Crippen LogP contribution in [0.25, 0.3) is 0 Å². The van der Waals surface area contributed by atoms with Crippen LogP contribution in [-0.2, 0) is 0 Å². The first-order valence-corrected chi connectivity index (χ1v) is 7.93. The molecule has 0 radical (unpaired) electrons. The van der Waals surface area contributed by atoms with E-state index in [9.17, 15) is 0 Å². The highest BCUT2D eigenvalue weighted by Crippen LogP contribution is 2.37. The fraction of sp³-hybridized carbons (Fsp3) is 0.333. The predicted molar refractivity (Wildman–Crippen MR) is 91.6 cm³/mol. The van der Waals surface area contributed by atoms with Gasteiger partial charge in [0, 0.05) is 41.5 Å². The minimum Gasteiger partial charge on any atom is -0.368 e.